The van der Waals surface area contributed by atoms with E-state index in [1.54, 1.807) is 11.0 Å². The van der Waals surface area contributed by atoms with Gasteiger partial charge in [-0.3, -0.25) is 14.5 Å². The lowest BCUT2D eigenvalue weighted by atomic mass is 9.82. The van der Waals surface area contributed by atoms with Crippen LogP contribution in [0.3, 0.4) is 0 Å². The van der Waals surface area contributed by atoms with Gasteiger partial charge in [-0.2, -0.15) is 0 Å². The van der Waals surface area contributed by atoms with Gasteiger partial charge in [0.15, 0.2) is 0 Å². The van der Waals surface area contributed by atoms with Crippen LogP contribution in [0.5, 0.6) is 0 Å². The van der Waals surface area contributed by atoms with Crippen molar-refractivity contribution in [2.24, 2.45) is 11.8 Å². The molecule has 1 amide bonds. The number of fused-ring (bicyclic) bond motifs is 2. The van der Waals surface area contributed by atoms with E-state index >= 15 is 0 Å². The molecule has 132 valence electrons. The first kappa shape index (κ1) is 16.3. The molecule has 6 heteroatoms. The van der Waals surface area contributed by atoms with Crippen molar-refractivity contribution in [2.75, 3.05) is 26.2 Å². The van der Waals surface area contributed by atoms with Crippen LogP contribution in [0, 0.1) is 11.8 Å². The zero-order chi connectivity index (χ0) is 17.4. The average molecular weight is 342 g/mol. The molecule has 6 nitrogen and oxygen atoms in total. The Morgan fingerprint density at radius 3 is 2.28 bits per heavy atom. The first-order valence-electron chi connectivity index (χ1n) is 8.75. The Morgan fingerprint density at radius 1 is 1.00 bits per heavy atom. The summed E-state index contributed by atoms with van der Waals surface area (Å²) < 4.78 is 5.62. The van der Waals surface area contributed by atoms with E-state index in [4.69, 9.17) is 4.74 Å². The lowest BCUT2D eigenvalue weighted by Gasteiger charge is -2.37. The fraction of sp³-hybridized carbons (Fsp3) is 0.474. The number of carbonyl (C=O) groups excluding carboxylic acids is 1. The molecule has 4 atom stereocenters. The van der Waals surface area contributed by atoms with Crippen LogP contribution in [-0.4, -0.2) is 65.2 Å². The molecule has 25 heavy (non-hydrogen) atoms. The fourth-order valence-electron chi connectivity index (χ4n) is 4.08. The first-order valence-corrected chi connectivity index (χ1v) is 8.75. The topological polar surface area (TPSA) is 70.1 Å². The van der Waals surface area contributed by atoms with E-state index in [9.17, 15) is 14.7 Å². The number of carboxylic acid groups (broad SMARTS) is 1. The summed E-state index contributed by atoms with van der Waals surface area (Å²) in [5.41, 5.74) is 1.26. The summed E-state index contributed by atoms with van der Waals surface area (Å²) in [6, 6.07) is 10.3. The molecule has 3 heterocycles. The van der Waals surface area contributed by atoms with Gasteiger partial charge in [-0.1, -0.05) is 42.5 Å². The number of amides is 1. The van der Waals surface area contributed by atoms with Gasteiger partial charge >= 0.3 is 5.97 Å². The van der Waals surface area contributed by atoms with Crippen molar-refractivity contribution in [3.8, 4) is 0 Å². The number of carbonyl (C=O) groups is 2. The molecule has 0 saturated carbocycles. The first-order chi connectivity index (χ1) is 12.1. The van der Waals surface area contributed by atoms with Gasteiger partial charge in [0.25, 0.3) is 0 Å². The van der Waals surface area contributed by atoms with Crippen molar-refractivity contribution in [1.29, 1.82) is 0 Å². The molecule has 0 aliphatic carbocycles. The quantitative estimate of drug-likeness (QED) is 0.826. The van der Waals surface area contributed by atoms with Crippen LogP contribution in [0.15, 0.2) is 42.5 Å². The molecule has 2 saturated heterocycles. The van der Waals surface area contributed by atoms with Gasteiger partial charge < -0.3 is 14.7 Å². The molecule has 0 spiro atoms. The van der Waals surface area contributed by atoms with E-state index in [0.717, 1.165) is 19.6 Å². The normalized spacial score (nSPS) is 31.4. The molecule has 0 aromatic heterocycles. The summed E-state index contributed by atoms with van der Waals surface area (Å²) in [6.45, 7) is 3.75. The molecular formula is C19H22N2O4. The van der Waals surface area contributed by atoms with Gasteiger partial charge in [-0.25, -0.2) is 0 Å². The Labute approximate surface area is 146 Å². The van der Waals surface area contributed by atoms with Gasteiger partial charge in [0, 0.05) is 32.7 Å². The van der Waals surface area contributed by atoms with Crippen molar-refractivity contribution in [1.82, 2.24) is 9.80 Å². The summed E-state index contributed by atoms with van der Waals surface area (Å²) in [7, 11) is 0. The van der Waals surface area contributed by atoms with Gasteiger partial charge in [0.05, 0.1) is 18.1 Å². The molecule has 3 aliphatic heterocycles. The Hall–Kier alpha value is -2.18. The highest BCUT2D eigenvalue weighted by Gasteiger charge is 2.54. The van der Waals surface area contributed by atoms with Crippen molar-refractivity contribution in [3.63, 3.8) is 0 Å². The van der Waals surface area contributed by atoms with Crippen LogP contribution in [0.25, 0.3) is 0 Å². The van der Waals surface area contributed by atoms with Crippen molar-refractivity contribution in [2.45, 2.75) is 18.8 Å². The molecule has 1 aromatic carbocycles. The van der Waals surface area contributed by atoms with Crippen molar-refractivity contribution >= 4 is 11.9 Å². The summed E-state index contributed by atoms with van der Waals surface area (Å²) in [6.07, 6.45) is 2.75. The van der Waals surface area contributed by atoms with E-state index < -0.39 is 23.9 Å². The fourth-order valence-corrected chi connectivity index (χ4v) is 4.08. The van der Waals surface area contributed by atoms with E-state index in [2.05, 4.69) is 17.0 Å². The number of hydrogen-bond donors (Lipinski definition) is 1. The third-order valence-corrected chi connectivity index (χ3v) is 5.40. The van der Waals surface area contributed by atoms with Crippen molar-refractivity contribution in [3.05, 3.63) is 48.0 Å². The summed E-state index contributed by atoms with van der Waals surface area (Å²) >= 11 is 0. The minimum atomic E-state index is -0.946. The highest BCUT2D eigenvalue weighted by Crippen LogP contribution is 2.40. The van der Waals surface area contributed by atoms with E-state index in [1.807, 2.05) is 24.3 Å². The van der Waals surface area contributed by atoms with Crippen LogP contribution in [0.4, 0.5) is 0 Å². The molecular weight excluding hydrogens is 320 g/mol. The predicted molar refractivity (Wildman–Crippen MR) is 90.7 cm³/mol. The monoisotopic (exact) mass is 342 g/mol. The standard InChI is InChI=1S/C19H22N2O4/c22-18(16-14-6-7-15(25-14)17(16)19(23)24)21-10-8-20(9-11-21)12-13-4-2-1-3-5-13/h1-7,14-17H,8-12H2,(H,23,24)/t14-,15+,16?,17?/m0/s1. The second-order valence-corrected chi connectivity index (χ2v) is 6.93. The van der Waals surface area contributed by atoms with Crippen LogP contribution >= 0.6 is 0 Å². The Kier molecular flexibility index (Phi) is 4.31. The summed E-state index contributed by atoms with van der Waals surface area (Å²) in [5, 5.41) is 9.47. The van der Waals surface area contributed by atoms with Gasteiger partial charge in [0.2, 0.25) is 5.91 Å². The molecule has 2 unspecified atom stereocenters. The highest BCUT2D eigenvalue weighted by atomic mass is 16.5. The van der Waals surface area contributed by atoms with Crippen LogP contribution in [-0.2, 0) is 20.9 Å². The van der Waals surface area contributed by atoms with E-state index in [1.165, 1.54) is 5.56 Å². The van der Waals surface area contributed by atoms with E-state index in [0.29, 0.717) is 13.1 Å². The summed E-state index contributed by atoms with van der Waals surface area (Å²) in [5.74, 6) is -2.38. The van der Waals surface area contributed by atoms with Crippen LogP contribution in [0.2, 0.25) is 0 Å². The van der Waals surface area contributed by atoms with E-state index in [-0.39, 0.29) is 12.0 Å². The number of benzene rings is 1. The molecule has 1 N–H and O–H groups in total. The van der Waals surface area contributed by atoms with Crippen LogP contribution in [0.1, 0.15) is 5.56 Å². The molecule has 2 bridgehead atoms. The SMILES string of the molecule is O=C(O)C1C(C(=O)N2CCN(Cc3ccccc3)CC2)[C@@H]2C=C[C@H]1O2. The smallest absolute Gasteiger partial charge is 0.310 e. The molecule has 3 aliphatic rings. The number of piperazine rings is 1. The average Bonchev–Trinajstić information content (AvgIpc) is 3.24. The zero-order valence-electron chi connectivity index (χ0n) is 14.0. The highest BCUT2D eigenvalue weighted by molar-refractivity contribution is 5.87. The van der Waals surface area contributed by atoms with Crippen LogP contribution < -0.4 is 0 Å². The predicted octanol–water partition coefficient (Wildman–Crippen LogP) is 0.985. The second-order valence-electron chi connectivity index (χ2n) is 6.93. The number of nitrogens with zero attached hydrogens (tertiary/aromatic N) is 2. The Bertz CT molecular complexity index is 682. The third kappa shape index (κ3) is 3.07. The maximum Gasteiger partial charge on any atom is 0.310 e. The summed E-state index contributed by atoms with van der Waals surface area (Å²) in [4.78, 5) is 28.6. The number of aliphatic carboxylic acids is 1. The van der Waals surface area contributed by atoms with Gasteiger partial charge in [0.1, 0.15) is 5.92 Å². The maximum atomic E-state index is 12.9. The molecule has 2 fully saturated rings. The van der Waals surface area contributed by atoms with Gasteiger partial charge in [-0.05, 0) is 5.56 Å². The largest absolute Gasteiger partial charge is 0.481 e. The third-order valence-electron chi connectivity index (χ3n) is 5.40. The molecule has 1 aromatic rings. The minimum Gasteiger partial charge on any atom is -0.481 e. The molecule has 4 rings (SSSR count). The van der Waals surface area contributed by atoms with Gasteiger partial charge in [-0.15, -0.1) is 0 Å². The number of ether oxygens (including phenoxy) is 1. The minimum absolute atomic E-state index is 0.0800. The zero-order valence-corrected chi connectivity index (χ0v) is 14.0. The second kappa shape index (κ2) is 6.61. The lowest BCUT2D eigenvalue weighted by molar-refractivity contribution is -0.150. The molecule has 0 radical (unpaired) electrons. The number of hydrogen-bond acceptors (Lipinski definition) is 4. The number of rotatable bonds is 4. The lowest BCUT2D eigenvalue weighted by Crippen LogP contribution is -2.52. The Balaban J connectivity index is 1.37. The van der Waals surface area contributed by atoms with Crippen molar-refractivity contribution < 1.29 is 19.4 Å². The Morgan fingerprint density at radius 2 is 1.64 bits per heavy atom. The number of carboxylic acids is 1. The maximum absolute atomic E-state index is 12.9.